The van der Waals surface area contributed by atoms with Crippen molar-refractivity contribution in [3.05, 3.63) is 48.3 Å². The Bertz CT molecular complexity index is 795. The van der Waals surface area contributed by atoms with Crippen molar-refractivity contribution in [1.29, 1.82) is 0 Å². The van der Waals surface area contributed by atoms with Crippen LogP contribution in [-0.4, -0.2) is 38.2 Å². The number of hydrogen-bond acceptors (Lipinski definition) is 5. The van der Waals surface area contributed by atoms with Crippen molar-refractivity contribution in [3.8, 4) is 11.4 Å². The summed E-state index contributed by atoms with van der Waals surface area (Å²) in [5.41, 5.74) is 3.25. The molecule has 0 bridgehead atoms. The lowest BCUT2D eigenvalue weighted by atomic mass is 10.2. The van der Waals surface area contributed by atoms with Crippen molar-refractivity contribution in [2.45, 2.75) is 6.92 Å². The summed E-state index contributed by atoms with van der Waals surface area (Å²) in [6.45, 7) is 2.51. The molecule has 0 atom stereocenters. The third-order valence-electron chi connectivity index (χ3n) is 3.29. The first-order valence-corrected chi connectivity index (χ1v) is 7.05. The number of H-pyrrole nitrogens is 1. The van der Waals surface area contributed by atoms with E-state index in [-0.39, 0.29) is 6.61 Å². The zero-order valence-corrected chi connectivity index (χ0v) is 12.2. The number of aromatic amines is 1. The van der Waals surface area contributed by atoms with E-state index in [1.54, 1.807) is 6.33 Å². The Morgan fingerprint density at radius 3 is 2.86 bits per heavy atom. The van der Waals surface area contributed by atoms with E-state index in [2.05, 4.69) is 25.3 Å². The van der Waals surface area contributed by atoms with Crippen LogP contribution in [0.4, 0.5) is 5.82 Å². The highest BCUT2D eigenvalue weighted by Gasteiger charge is 2.10. The number of imidazole rings is 1. The Morgan fingerprint density at radius 1 is 1.27 bits per heavy atom. The molecule has 0 radical (unpaired) electrons. The van der Waals surface area contributed by atoms with Gasteiger partial charge in [-0.3, -0.25) is 0 Å². The molecule has 3 rings (SSSR count). The van der Waals surface area contributed by atoms with Gasteiger partial charge in [-0.1, -0.05) is 42.0 Å². The van der Waals surface area contributed by atoms with Crippen LogP contribution in [0.25, 0.3) is 22.6 Å². The van der Waals surface area contributed by atoms with Crippen LogP contribution in [0.2, 0.25) is 0 Å². The van der Waals surface area contributed by atoms with E-state index in [9.17, 15) is 0 Å². The Morgan fingerprint density at radius 2 is 2.09 bits per heavy atom. The molecule has 0 saturated carbocycles. The highest BCUT2D eigenvalue weighted by molar-refractivity contribution is 5.84. The molecule has 0 spiro atoms. The van der Waals surface area contributed by atoms with E-state index in [4.69, 9.17) is 5.11 Å². The minimum Gasteiger partial charge on any atom is -0.392 e. The van der Waals surface area contributed by atoms with Crippen molar-refractivity contribution in [2.24, 2.45) is 0 Å². The molecule has 2 heterocycles. The number of aliphatic hydroxyl groups is 1. The molecule has 0 fully saturated rings. The SMILES string of the molecule is C/C(=C\CNc1nc(-c2ccccc2)nc2nc[nH]c12)CO. The Kier molecular flexibility index (Phi) is 4.11. The number of nitrogens with zero attached hydrogens (tertiary/aromatic N) is 3. The minimum atomic E-state index is 0.0557. The summed E-state index contributed by atoms with van der Waals surface area (Å²) < 4.78 is 0. The summed E-state index contributed by atoms with van der Waals surface area (Å²) in [5.74, 6) is 1.33. The molecule has 0 aliphatic heterocycles. The van der Waals surface area contributed by atoms with Crippen molar-refractivity contribution < 1.29 is 5.11 Å². The number of benzene rings is 1. The number of nitrogens with one attached hydrogen (secondary N) is 2. The van der Waals surface area contributed by atoms with E-state index in [1.807, 2.05) is 43.3 Å². The number of aliphatic hydroxyl groups excluding tert-OH is 1. The van der Waals surface area contributed by atoms with Crippen molar-refractivity contribution >= 4 is 17.0 Å². The van der Waals surface area contributed by atoms with Crippen molar-refractivity contribution in [1.82, 2.24) is 19.9 Å². The average molecular weight is 295 g/mol. The fraction of sp³-hybridized carbons (Fsp3) is 0.188. The number of hydrogen-bond donors (Lipinski definition) is 3. The molecule has 3 aromatic rings. The van der Waals surface area contributed by atoms with Gasteiger partial charge in [0.15, 0.2) is 17.3 Å². The smallest absolute Gasteiger partial charge is 0.183 e. The van der Waals surface area contributed by atoms with Crippen LogP contribution >= 0.6 is 0 Å². The first kappa shape index (κ1) is 14.2. The van der Waals surface area contributed by atoms with E-state index in [0.29, 0.717) is 23.8 Å². The van der Waals surface area contributed by atoms with Crippen molar-refractivity contribution in [3.63, 3.8) is 0 Å². The molecule has 0 aliphatic carbocycles. The molecule has 0 aliphatic rings. The highest BCUT2D eigenvalue weighted by atomic mass is 16.3. The second-order valence-electron chi connectivity index (χ2n) is 4.95. The lowest BCUT2D eigenvalue weighted by Gasteiger charge is -2.07. The van der Waals surface area contributed by atoms with Gasteiger partial charge in [0.1, 0.15) is 5.52 Å². The van der Waals surface area contributed by atoms with Gasteiger partial charge in [0, 0.05) is 12.1 Å². The molecular formula is C16H17N5O. The lowest BCUT2D eigenvalue weighted by Crippen LogP contribution is -2.05. The normalized spacial score (nSPS) is 11.8. The molecule has 3 N–H and O–H groups in total. The largest absolute Gasteiger partial charge is 0.392 e. The zero-order valence-electron chi connectivity index (χ0n) is 12.2. The predicted octanol–water partition coefficient (Wildman–Crippen LogP) is 2.37. The van der Waals surface area contributed by atoms with E-state index in [0.717, 1.165) is 16.7 Å². The lowest BCUT2D eigenvalue weighted by molar-refractivity contribution is 0.331. The monoisotopic (exact) mass is 295 g/mol. The van der Waals surface area contributed by atoms with Gasteiger partial charge in [0.05, 0.1) is 12.9 Å². The van der Waals surface area contributed by atoms with Crippen LogP contribution < -0.4 is 5.32 Å². The molecular weight excluding hydrogens is 278 g/mol. The summed E-state index contributed by atoms with van der Waals surface area (Å²) >= 11 is 0. The van der Waals surface area contributed by atoms with Gasteiger partial charge in [0.25, 0.3) is 0 Å². The van der Waals surface area contributed by atoms with Crippen LogP contribution in [0.1, 0.15) is 6.92 Å². The van der Waals surface area contributed by atoms with E-state index >= 15 is 0 Å². The van der Waals surface area contributed by atoms with Gasteiger partial charge in [-0.05, 0) is 6.92 Å². The Balaban J connectivity index is 1.96. The molecule has 1 aromatic carbocycles. The Hall–Kier alpha value is -2.73. The fourth-order valence-corrected chi connectivity index (χ4v) is 2.06. The maximum Gasteiger partial charge on any atom is 0.183 e. The van der Waals surface area contributed by atoms with Gasteiger partial charge in [0.2, 0.25) is 0 Å². The maximum absolute atomic E-state index is 9.03. The average Bonchev–Trinajstić information content (AvgIpc) is 3.04. The molecule has 6 heteroatoms. The molecule has 0 amide bonds. The topological polar surface area (TPSA) is 86.7 Å². The molecule has 6 nitrogen and oxygen atoms in total. The predicted molar refractivity (Wildman–Crippen MR) is 86.5 cm³/mol. The maximum atomic E-state index is 9.03. The van der Waals surface area contributed by atoms with Gasteiger partial charge < -0.3 is 15.4 Å². The summed E-state index contributed by atoms with van der Waals surface area (Å²) in [7, 11) is 0. The quantitative estimate of drug-likeness (QED) is 0.629. The molecule has 2 aromatic heterocycles. The number of rotatable bonds is 5. The Labute approximate surface area is 128 Å². The zero-order chi connectivity index (χ0) is 15.4. The molecule has 22 heavy (non-hydrogen) atoms. The first-order chi connectivity index (χ1) is 10.8. The molecule has 112 valence electrons. The second-order valence-corrected chi connectivity index (χ2v) is 4.95. The molecule has 0 unspecified atom stereocenters. The summed E-state index contributed by atoms with van der Waals surface area (Å²) in [6.07, 6.45) is 3.53. The summed E-state index contributed by atoms with van der Waals surface area (Å²) in [5, 5.41) is 12.3. The highest BCUT2D eigenvalue weighted by Crippen LogP contribution is 2.22. The standard InChI is InChI=1S/C16H17N5O/c1-11(9-22)7-8-17-15-13-16(19-10-18-13)21-14(20-15)12-5-3-2-4-6-12/h2-7,10,22H,8-9H2,1H3,(H2,17,18,19,20,21)/b11-7+. The van der Waals surface area contributed by atoms with Gasteiger partial charge in [-0.25, -0.2) is 15.0 Å². The third kappa shape index (κ3) is 2.96. The van der Waals surface area contributed by atoms with Gasteiger partial charge in [-0.2, -0.15) is 0 Å². The number of fused-ring (bicyclic) bond motifs is 1. The third-order valence-corrected chi connectivity index (χ3v) is 3.29. The molecule has 0 saturated heterocycles. The van der Waals surface area contributed by atoms with Crippen LogP contribution in [0.5, 0.6) is 0 Å². The van der Waals surface area contributed by atoms with Gasteiger partial charge in [-0.15, -0.1) is 0 Å². The van der Waals surface area contributed by atoms with Crippen molar-refractivity contribution in [2.75, 3.05) is 18.5 Å². The van der Waals surface area contributed by atoms with Gasteiger partial charge >= 0.3 is 0 Å². The van der Waals surface area contributed by atoms with Crippen LogP contribution in [-0.2, 0) is 0 Å². The minimum absolute atomic E-state index is 0.0557. The first-order valence-electron chi connectivity index (χ1n) is 7.05. The summed E-state index contributed by atoms with van der Waals surface area (Å²) in [4.78, 5) is 16.3. The number of anilines is 1. The van der Waals surface area contributed by atoms with Crippen LogP contribution in [0, 0.1) is 0 Å². The van der Waals surface area contributed by atoms with E-state index < -0.39 is 0 Å². The van der Waals surface area contributed by atoms with Crippen LogP contribution in [0.15, 0.2) is 48.3 Å². The fourth-order valence-electron chi connectivity index (χ4n) is 2.06. The number of aromatic nitrogens is 4. The summed E-state index contributed by atoms with van der Waals surface area (Å²) in [6, 6.07) is 9.79. The van der Waals surface area contributed by atoms with Crippen LogP contribution in [0.3, 0.4) is 0 Å². The second kappa shape index (κ2) is 6.36. The van der Waals surface area contributed by atoms with E-state index in [1.165, 1.54) is 0 Å².